The van der Waals surface area contributed by atoms with Crippen LogP contribution < -0.4 is 16.0 Å². The number of hydrogen-bond acceptors (Lipinski definition) is 5. The number of fused-ring (bicyclic) bond motifs is 2. The van der Waals surface area contributed by atoms with Gasteiger partial charge < -0.3 is 16.0 Å². The van der Waals surface area contributed by atoms with Gasteiger partial charge in [-0.05, 0) is 49.6 Å². The van der Waals surface area contributed by atoms with Crippen LogP contribution in [-0.2, 0) is 4.79 Å². The second-order valence-electron chi connectivity index (χ2n) is 5.86. The molecular formula is C18H19N5O2. The predicted octanol–water partition coefficient (Wildman–Crippen LogP) is 2.31. The van der Waals surface area contributed by atoms with Crippen molar-refractivity contribution in [1.82, 2.24) is 9.97 Å². The zero-order chi connectivity index (χ0) is 18.0. The minimum atomic E-state index is -0.481. The summed E-state index contributed by atoms with van der Waals surface area (Å²) < 4.78 is 0. The van der Waals surface area contributed by atoms with Crippen molar-refractivity contribution in [1.29, 1.82) is 0 Å². The molecule has 0 aromatic carbocycles. The van der Waals surface area contributed by atoms with E-state index in [2.05, 4.69) is 32.5 Å². The predicted molar refractivity (Wildman–Crippen MR) is 95.7 cm³/mol. The van der Waals surface area contributed by atoms with Crippen LogP contribution in [0, 0.1) is 6.92 Å². The van der Waals surface area contributed by atoms with E-state index in [1.165, 1.54) is 0 Å². The molecule has 2 aromatic rings. The minimum absolute atomic E-state index is 0.117. The molecule has 1 saturated carbocycles. The average molecular weight is 337 g/mol. The summed E-state index contributed by atoms with van der Waals surface area (Å²) in [5.74, 6) is 0.918. The maximum atomic E-state index is 12.4. The molecule has 1 aliphatic carbocycles. The fourth-order valence-corrected chi connectivity index (χ4v) is 2.61. The molecule has 2 aromatic heterocycles. The molecule has 0 atom stereocenters. The Morgan fingerprint density at radius 2 is 2.00 bits per heavy atom. The SMILES string of the molecule is C=CC(N)=O.Cc1ccnc2c1NC(=O)c1cccnc1N2C1CC1. The zero-order valence-corrected chi connectivity index (χ0v) is 13.9. The summed E-state index contributed by atoms with van der Waals surface area (Å²) in [4.78, 5) is 32.9. The van der Waals surface area contributed by atoms with Crippen LogP contribution in [0.5, 0.6) is 0 Å². The summed E-state index contributed by atoms with van der Waals surface area (Å²) in [6.07, 6.45) is 6.78. The summed E-state index contributed by atoms with van der Waals surface area (Å²) in [5, 5.41) is 2.98. The fraction of sp³-hybridized carbons (Fsp3) is 0.222. The molecule has 7 heteroatoms. The highest BCUT2D eigenvalue weighted by Crippen LogP contribution is 2.43. The number of primary amides is 1. The molecule has 0 bridgehead atoms. The van der Waals surface area contributed by atoms with Gasteiger partial charge in [-0.2, -0.15) is 0 Å². The van der Waals surface area contributed by atoms with Crippen LogP contribution in [0.15, 0.2) is 43.2 Å². The van der Waals surface area contributed by atoms with Crippen molar-refractivity contribution in [2.45, 2.75) is 25.8 Å². The van der Waals surface area contributed by atoms with Crippen LogP contribution >= 0.6 is 0 Å². The van der Waals surface area contributed by atoms with Gasteiger partial charge >= 0.3 is 0 Å². The molecule has 0 saturated heterocycles. The van der Waals surface area contributed by atoms with Gasteiger partial charge in [0.25, 0.3) is 5.91 Å². The summed E-state index contributed by atoms with van der Waals surface area (Å²) in [5.41, 5.74) is 6.95. The van der Waals surface area contributed by atoms with Crippen LogP contribution in [0.1, 0.15) is 28.8 Å². The van der Waals surface area contributed by atoms with Crippen molar-refractivity contribution in [3.05, 3.63) is 54.4 Å². The van der Waals surface area contributed by atoms with Gasteiger partial charge in [0.2, 0.25) is 5.91 Å². The minimum Gasteiger partial charge on any atom is -0.366 e. The van der Waals surface area contributed by atoms with E-state index in [0.717, 1.165) is 36.0 Å². The van der Waals surface area contributed by atoms with Gasteiger partial charge in [-0.1, -0.05) is 6.58 Å². The molecule has 4 rings (SSSR count). The number of amides is 2. The smallest absolute Gasteiger partial charge is 0.259 e. The van der Waals surface area contributed by atoms with Crippen LogP contribution in [0.25, 0.3) is 0 Å². The number of carbonyl (C=O) groups excluding carboxylic acids is 2. The molecule has 2 aliphatic rings. The Morgan fingerprint density at radius 1 is 1.32 bits per heavy atom. The van der Waals surface area contributed by atoms with E-state index in [0.29, 0.717) is 17.4 Å². The van der Waals surface area contributed by atoms with Crippen molar-refractivity contribution in [2.75, 3.05) is 10.2 Å². The van der Waals surface area contributed by atoms with Gasteiger partial charge in [-0.25, -0.2) is 9.97 Å². The molecule has 1 fully saturated rings. The first-order chi connectivity index (χ1) is 12.0. The number of anilines is 3. The quantitative estimate of drug-likeness (QED) is 0.819. The van der Waals surface area contributed by atoms with Crippen molar-refractivity contribution in [3.8, 4) is 0 Å². The second kappa shape index (κ2) is 6.72. The molecule has 3 heterocycles. The Bertz CT molecular complexity index is 845. The maximum absolute atomic E-state index is 12.4. The number of rotatable bonds is 2. The highest BCUT2D eigenvalue weighted by Gasteiger charge is 2.37. The van der Waals surface area contributed by atoms with Gasteiger partial charge in [0.15, 0.2) is 5.82 Å². The third-order valence-corrected chi connectivity index (χ3v) is 3.98. The first-order valence-electron chi connectivity index (χ1n) is 7.96. The Kier molecular flexibility index (Phi) is 4.47. The molecule has 128 valence electrons. The van der Waals surface area contributed by atoms with E-state index < -0.39 is 5.91 Å². The normalized spacial score (nSPS) is 14.9. The Hall–Kier alpha value is -3.22. The lowest BCUT2D eigenvalue weighted by atomic mass is 10.2. The van der Waals surface area contributed by atoms with Gasteiger partial charge in [0.1, 0.15) is 5.82 Å². The molecule has 0 spiro atoms. The molecule has 25 heavy (non-hydrogen) atoms. The van der Waals surface area contributed by atoms with E-state index in [4.69, 9.17) is 0 Å². The molecule has 0 radical (unpaired) electrons. The topological polar surface area (TPSA) is 101 Å². The number of aromatic nitrogens is 2. The first-order valence-corrected chi connectivity index (χ1v) is 7.96. The van der Waals surface area contributed by atoms with Crippen LogP contribution in [-0.4, -0.2) is 27.8 Å². The van der Waals surface area contributed by atoms with Crippen molar-refractivity contribution >= 4 is 29.1 Å². The molecular weight excluding hydrogens is 318 g/mol. The van der Waals surface area contributed by atoms with Crippen LogP contribution in [0.4, 0.5) is 17.3 Å². The van der Waals surface area contributed by atoms with E-state index in [-0.39, 0.29) is 5.91 Å². The second-order valence-corrected chi connectivity index (χ2v) is 5.86. The van der Waals surface area contributed by atoms with E-state index in [1.54, 1.807) is 18.5 Å². The standard InChI is InChI=1S/C15H14N4O.C3H5NO/c1-9-6-8-17-14-12(9)18-15(20)11-3-2-7-16-13(11)19(14)10-4-5-10;1-2-3(4)5/h2-3,6-8,10H,4-5H2,1H3,(H,18,20);2H,1H2,(H2,4,5). The summed E-state index contributed by atoms with van der Waals surface area (Å²) in [6.45, 7) is 5.07. The lowest BCUT2D eigenvalue weighted by Crippen LogP contribution is -2.22. The van der Waals surface area contributed by atoms with Gasteiger partial charge in [0, 0.05) is 18.4 Å². The number of nitrogens with two attached hydrogens (primary N) is 1. The number of hydrogen-bond donors (Lipinski definition) is 2. The van der Waals surface area contributed by atoms with Gasteiger partial charge in [0.05, 0.1) is 11.3 Å². The average Bonchev–Trinajstić information content (AvgIpc) is 3.43. The summed E-state index contributed by atoms with van der Waals surface area (Å²) in [7, 11) is 0. The first kappa shape index (κ1) is 16.6. The third-order valence-electron chi connectivity index (χ3n) is 3.98. The third kappa shape index (κ3) is 3.35. The Balaban J connectivity index is 0.000000324. The largest absolute Gasteiger partial charge is 0.366 e. The molecule has 7 nitrogen and oxygen atoms in total. The van der Waals surface area contributed by atoms with E-state index in [9.17, 15) is 9.59 Å². The van der Waals surface area contributed by atoms with Crippen molar-refractivity contribution in [2.24, 2.45) is 5.73 Å². The van der Waals surface area contributed by atoms with Gasteiger partial charge in [-0.3, -0.25) is 9.59 Å². The maximum Gasteiger partial charge on any atom is 0.259 e. The number of pyridine rings is 2. The number of nitrogens with zero attached hydrogens (tertiary/aromatic N) is 3. The van der Waals surface area contributed by atoms with E-state index in [1.807, 2.05) is 19.1 Å². The van der Waals surface area contributed by atoms with Crippen LogP contribution in [0.3, 0.4) is 0 Å². The number of aryl methyl sites for hydroxylation is 1. The molecule has 1 aliphatic heterocycles. The lowest BCUT2D eigenvalue weighted by Gasteiger charge is -2.23. The fourth-order valence-electron chi connectivity index (χ4n) is 2.61. The Labute approximate surface area is 145 Å². The number of carbonyl (C=O) groups is 2. The highest BCUT2D eigenvalue weighted by molar-refractivity contribution is 6.11. The number of nitrogens with one attached hydrogen (secondary N) is 1. The Morgan fingerprint density at radius 3 is 2.64 bits per heavy atom. The molecule has 0 unspecified atom stereocenters. The van der Waals surface area contributed by atoms with Crippen molar-refractivity contribution < 1.29 is 9.59 Å². The lowest BCUT2D eigenvalue weighted by molar-refractivity contribution is -0.113. The molecule has 3 N–H and O–H groups in total. The molecule has 2 amide bonds. The monoisotopic (exact) mass is 337 g/mol. The zero-order valence-electron chi connectivity index (χ0n) is 13.9. The van der Waals surface area contributed by atoms with E-state index >= 15 is 0 Å². The van der Waals surface area contributed by atoms with Gasteiger partial charge in [-0.15, -0.1) is 0 Å². The van der Waals surface area contributed by atoms with Crippen molar-refractivity contribution in [3.63, 3.8) is 0 Å². The summed E-state index contributed by atoms with van der Waals surface area (Å²) in [6, 6.07) is 5.91. The highest BCUT2D eigenvalue weighted by atomic mass is 16.2. The van der Waals surface area contributed by atoms with Crippen LogP contribution in [0.2, 0.25) is 0 Å². The summed E-state index contributed by atoms with van der Waals surface area (Å²) >= 11 is 0.